The third-order valence-corrected chi connectivity index (χ3v) is 1.61. The second-order valence-corrected chi connectivity index (χ2v) is 2.77. The Kier molecular flexibility index (Phi) is 1.70. The number of allylic oxidation sites excluding steroid dienone is 1. The molecule has 0 saturated heterocycles. The van der Waals surface area contributed by atoms with Crippen molar-refractivity contribution >= 4 is 5.71 Å². The molecule has 0 aromatic rings. The fraction of sp³-hybridized carbons (Fsp3) is 0.625. The van der Waals surface area contributed by atoms with E-state index in [0.29, 0.717) is 5.92 Å². The zero-order valence-electron chi connectivity index (χ0n) is 6.31. The molecule has 9 heavy (non-hydrogen) atoms. The first-order valence-corrected chi connectivity index (χ1v) is 3.43. The SMILES string of the molecule is CC1=CCN=C1C(C)C. The number of hydrogen-bond acceptors (Lipinski definition) is 1. The largest absolute Gasteiger partial charge is 0.285 e. The zero-order valence-corrected chi connectivity index (χ0v) is 6.31. The highest BCUT2D eigenvalue weighted by Gasteiger charge is 2.09. The van der Waals surface area contributed by atoms with Gasteiger partial charge in [0, 0.05) is 5.71 Å². The molecule has 0 fully saturated rings. The van der Waals surface area contributed by atoms with Gasteiger partial charge in [-0.3, -0.25) is 4.99 Å². The Balaban J connectivity index is 2.72. The molecule has 1 heteroatoms. The average Bonchev–Trinajstić information content (AvgIpc) is 2.13. The molecular weight excluding hydrogens is 110 g/mol. The maximum Gasteiger partial charge on any atom is 0.0580 e. The monoisotopic (exact) mass is 123 g/mol. The molecule has 50 valence electrons. The molecule has 0 spiro atoms. The average molecular weight is 123 g/mol. The Hall–Kier alpha value is -0.590. The van der Waals surface area contributed by atoms with Crippen molar-refractivity contribution in [2.45, 2.75) is 20.8 Å². The molecule has 0 aromatic carbocycles. The van der Waals surface area contributed by atoms with Crippen LogP contribution in [0, 0.1) is 5.92 Å². The first-order valence-electron chi connectivity index (χ1n) is 3.43. The van der Waals surface area contributed by atoms with Crippen LogP contribution in [0.2, 0.25) is 0 Å². The molecule has 0 saturated carbocycles. The number of aliphatic imine (C=N–C) groups is 1. The molecule has 1 rings (SSSR count). The highest BCUT2D eigenvalue weighted by molar-refractivity contribution is 6.02. The molecule has 1 heterocycles. The number of rotatable bonds is 1. The van der Waals surface area contributed by atoms with Crippen LogP contribution in [-0.4, -0.2) is 12.3 Å². The lowest BCUT2D eigenvalue weighted by Crippen LogP contribution is -2.05. The van der Waals surface area contributed by atoms with Crippen LogP contribution in [0.25, 0.3) is 0 Å². The lowest BCUT2D eigenvalue weighted by molar-refractivity contribution is 0.882. The first-order chi connectivity index (χ1) is 4.22. The van der Waals surface area contributed by atoms with Crippen LogP contribution in [0.4, 0.5) is 0 Å². The predicted octanol–water partition coefficient (Wildman–Crippen LogP) is 2.04. The molecule has 0 aliphatic carbocycles. The molecule has 1 aliphatic heterocycles. The lowest BCUT2D eigenvalue weighted by Gasteiger charge is -2.04. The smallest absolute Gasteiger partial charge is 0.0580 e. The van der Waals surface area contributed by atoms with Gasteiger partial charge in [-0.15, -0.1) is 0 Å². The zero-order chi connectivity index (χ0) is 6.85. The summed E-state index contributed by atoms with van der Waals surface area (Å²) >= 11 is 0. The molecule has 0 N–H and O–H groups in total. The Labute approximate surface area is 56.5 Å². The predicted molar refractivity (Wildman–Crippen MR) is 40.9 cm³/mol. The fourth-order valence-corrected chi connectivity index (χ4v) is 1.15. The van der Waals surface area contributed by atoms with E-state index in [1.165, 1.54) is 11.3 Å². The Morgan fingerprint density at radius 1 is 1.56 bits per heavy atom. The van der Waals surface area contributed by atoms with Gasteiger partial charge in [-0.2, -0.15) is 0 Å². The van der Waals surface area contributed by atoms with E-state index in [1.807, 2.05) is 0 Å². The fourth-order valence-electron chi connectivity index (χ4n) is 1.15. The van der Waals surface area contributed by atoms with E-state index in [1.54, 1.807) is 0 Å². The van der Waals surface area contributed by atoms with Crippen LogP contribution in [0.15, 0.2) is 16.6 Å². The highest BCUT2D eigenvalue weighted by Crippen LogP contribution is 2.12. The van der Waals surface area contributed by atoms with Crippen molar-refractivity contribution in [1.29, 1.82) is 0 Å². The molecule has 0 bridgehead atoms. The summed E-state index contributed by atoms with van der Waals surface area (Å²) in [5.74, 6) is 0.601. The summed E-state index contributed by atoms with van der Waals surface area (Å²) in [4.78, 5) is 4.34. The van der Waals surface area contributed by atoms with Crippen LogP contribution < -0.4 is 0 Å². The Bertz CT molecular complexity index is 163. The molecule has 1 aliphatic rings. The topological polar surface area (TPSA) is 12.4 Å². The van der Waals surface area contributed by atoms with E-state index < -0.39 is 0 Å². The van der Waals surface area contributed by atoms with Crippen LogP contribution in [0.1, 0.15) is 20.8 Å². The van der Waals surface area contributed by atoms with Gasteiger partial charge >= 0.3 is 0 Å². The standard InChI is InChI=1S/C8H13N/c1-6(2)8-7(3)4-5-9-8/h4,6H,5H2,1-3H3. The molecule has 1 nitrogen and oxygen atoms in total. The van der Waals surface area contributed by atoms with Crippen molar-refractivity contribution < 1.29 is 0 Å². The van der Waals surface area contributed by atoms with Gasteiger partial charge in [0.2, 0.25) is 0 Å². The van der Waals surface area contributed by atoms with Crippen molar-refractivity contribution in [2.24, 2.45) is 10.9 Å². The summed E-state index contributed by atoms with van der Waals surface area (Å²) < 4.78 is 0. The van der Waals surface area contributed by atoms with E-state index >= 15 is 0 Å². The summed E-state index contributed by atoms with van der Waals surface area (Å²) in [5.41, 5.74) is 2.65. The Morgan fingerprint density at radius 2 is 2.22 bits per heavy atom. The van der Waals surface area contributed by atoms with Gasteiger partial charge in [0.15, 0.2) is 0 Å². The van der Waals surface area contributed by atoms with Gasteiger partial charge in [-0.05, 0) is 18.4 Å². The lowest BCUT2D eigenvalue weighted by atomic mass is 10.0. The maximum atomic E-state index is 4.34. The third-order valence-electron chi connectivity index (χ3n) is 1.61. The molecule has 0 radical (unpaired) electrons. The first kappa shape index (κ1) is 6.53. The Morgan fingerprint density at radius 3 is 2.44 bits per heavy atom. The van der Waals surface area contributed by atoms with E-state index in [-0.39, 0.29) is 0 Å². The van der Waals surface area contributed by atoms with Gasteiger partial charge in [-0.25, -0.2) is 0 Å². The van der Waals surface area contributed by atoms with Gasteiger partial charge in [-0.1, -0.05) is 19.9 Å². The molecular formula is C8H13N. The maximum absolute atomic E-state index is 4.34. The van der Waals surface area contributed by atoms with Crippen LogP contribution in [-0.2, 0) is 0 Å². The minimum absolute atomic E-state index is 0.601. The molecule has 0 atom stereocenters. The summed E-state index contributed by atoms with van der Waals surface area (Å²) in [7, 11) is 0. The van der Waals surface area contributed by atoms with Gasteiger partial charge in [0.25, 0.3) is 0 Å². The minimum atomic E-state index is 0.601. The van der Waals surface area contributed by atoms with Gasteiger partial charge in [0.1, 0.15) is 0 Å². The van der Waals surface area contributed by atoms with Crippen molar-refractivity contribution in [3.8, 4) is 0 Å². The normalized spacial score (nSPS) is 18.2. The van der Waals surface area contributed by atoms with Gasteiger partial charge < -0.3 is 0 Å². The van der Waals surface area contributed by atoms with Crippen molar-refractivity contribution in [1.82, 2.24) is 0 Å². The quantitative estimate of drug-likeness (QED) is 0.506. The summed E-state index contributed by atoms with van der Waals surface area (Å²) in [6, 6.07) is 0. The molecule has 0 unspecified atom stereocenters. The van der Waals surface area contributed by atoms with E-state index in [2.05, 4.69) is 31.8 Å². The minimum Gasteiger partial charge on any atom is -0.285 e. The van der Waals surface area contributed by atoms with Crippen LogP contribution in [0.3, 0.4) is 0 Å². The van der Waals surface area contributed by atoms with Crippen molar-refractivity contribution in [3.63, 3.8) is 0 Å². The molecule has 0 amide bonds. The van der Waals surface area contributed by atoms with Crippen molar-refractivity contribution in [3.05, 3.63) is 11.6 Å². The van der Waals surface area contributed by atoms with E-state index in [0.717, 1.165) is 6.54 Å². The van der Waals surface area contributed by atoms with Gasteiger partial charge in [0.05, 0.1) is 6.54 Å². The summed E-state index contributed by atoms with van der Waals surface area (Å²) in [6.45, 7) is 7.40. The van der Waals surface area contributed by atoms with E-state index in [4.69, 9.17) is 0 Å². The van der Waals surface area contributed by atoms with E-state index in [9.17, 15) is 0 Å². The second kappa shape index (κ2) is 2.34. The summed E-state index contributed by atoms with van der Waals surface area (Å²) in [6.07, 6.45) is 2.18. The number of nitrogens with zero attached hydrogens (tertiary/aromatic N) is 1. The van der Waals surface area contributed by atoms with Crippen LogP contribution >= 0.6 is 0 Å². The highest BCUT2D eigenvalue weighted by atomic mass is 14.8. The van der Waals surface area contributed by atoms with Crippen LogP contribution in [0.5, 0.6) is 0 Å². The number of hydrogen-bond donors (Lipinski definition) is 0. The third kappa shape index (κ3) is 1.21. The molecule has 0 aromatic heterocycles. The second-order valence-electron chi connectivity index (χ2n) is 2.77. The van der Waals surface area contributed by atoms with Crippen molar-refractivity contribution in [2.75, 3.05) is 6.54 Å². The summed E-state index contributed by atoms with van der Waals surface area (Å²) in [5, 5.41) is 0.